The maximum atomic E-state index is 12.5. The molecule has 0 unspecified atom stereocenters. The average Bonchev–Trinajstić information content (AvgIpc) is 3.00. The Morgan fingerprint density at radius 2 is 2.00 bits per heavy atom. The maximum Gasteiger partial charge on any atom is 0.417 e. The third-order valence-electron chi connectivity index (χ3n) is 3.89. The number of aromatic nitrogens is 1. The Bertz CT molecular complexity index is 853. The summed E-state index contributed by atoms with van der Waals surface area (Å²) in [5.41, 5.74) is -0.193. The molecule has 0 radical (unpaired) electrons. The predicted octanol–water partition coefficient (Wildman–Crippen LogP) is 4.13. The molecule has 2 heterocycles. The predicted molar refractivity (Wildman–Crippen MR) is 90.2 cm³/mol. The zero-order valence-electron chi connectivity index (χ0n) is 13.3. The molecule has 0 bridgehead atoms. The van der Waals surface area contributed by atoms with Crippen LogP contribution in [0.4, 0.5) is 24.5 Å². The first-order chi connectivity index (χ1) is 12.3. The van der Waals surface area contributed by atoms with Crippen LogP contribution in [0.1, 0.15) is 28.9 Å². The number of pyridine rings is 1. The van der Waals surface area contributed by atoms with Crippen molar-refractivity contribution in [2.24, 2.45) is 0 Å². The van der Waals surface area contributed by atoms with Crippen LogP contribution in [0.3, 0.4) is 0 Å². The van der Waals surface area contributed by atoms with Crippen LogP contribution in [-0.2, 0) is 11.0 Å². The van der Waals surface area contributed by atoms with Crippen molar-refractivity contribution in [3.8, 4) is 0 Å². The summed E-state index contributed by atoms with van der Waals surface area (Å²) >= 11 is 6.19. The van der Waals surface area contributed by atoms with E-state index in [2.05, 4.69) is 10.3 Å². The highest BCUT2D eigenvalue weighted by molar-refractivity contribution is 6.34. The fourth-order valence-electron chi connectivity index (χ4n) is 2.60. The maximum absolute atomic E-state index is 12.5. The Balaban J connectivity index is 1.73. The highest BCUT2D eigenvalue weighted by Gasteiger charge is 2.31. The molecule has 5 nitrogen and oxygen atoms in total. The van der Waals surface area contributed by atoms with Crippen molar-refractivity contribution >= 4 is 34.8 Å². The van der Waals surface area contributed by atoms with Crippen molar-refractivity contribution in [2.45, 2.75) is 19.0 Å². The number of hydrogen-bond acceptors (Lipinski definition) is 3. The molecule has 9 heteroatoms. The van der Waals surface area contributed by atoms with Gasteiger partial charge in [0.25, 0.3) is 5.91 Å². The number of amides is 2. The lowest BCUT2D eigenvalue weighted by molar-refractivity contribution is -0.137. The molecule has 1 aromatic heterocycles. The van der Waals surface area contributed by atoms with E-state index in [4.69, 9.17) is 11.6 Å². The van der Waals surface area contributed by atoms with Crippen molar-refractivity contribution in [2.75, 3.05) is 16.8 Å². The van der Waals surface area contributed by atoms with Gasteiger partial charge in [0.2, 0.25) is 5.91 Å². The molecule has 0 aliphatic carbocycles. The minimum atomic E-state index is -4.52. The van der Waals surface area contributed by atoms with Gasteiger partial charge in [0.1, 0.15) is 5.69 Å². The molecule has 2 aromatic rings. The van der Waals surface area contributed by atoms with Gasteiger partial charge in [-0.15, -0.1) is 0 Å². The Morgan fingerprint density at radius 3 is 2.54 bits per heavy atom. The lowest BCUT2D eigenvalue weighted by Gasteiger charge is -2.18. The van der Waals surface area contributed by atoms with Crippen molar-refractivity contribution < 1.29 is 22.8 Å². The van der Waals surface area contributed by atoms with E-state index in [-0.39, 0.29) is 11.6 Å². The van der Waals surface area contributed by atoms with Crippen LogP contribution >= 0.6 is 11.6 Å². The van der Waals surface area contributed by atoms with Gasteiger partial charge in [-0.1, -0.05) is 11.6 Å². The fraction of sp³-hybridized carbons (Fsp3) is 0.235. The molecular weight excluding hydrogens is 371 g/mol. The molecule has 1 N–H and O–H groups in total. The van der Waals surface area contributed by atoms with Gasteiger partial charge in [-0.05, 0) is 36.8 Å². The Hall–Kier alpha value is -2.61. The molecule has 1 saturated heterocycles. The van der Waals surface area contributed by atoms with E-state index in [0.29, 0.717) is 35.6 Å². The van der Waals surface area contributed by atoms with Crippen LogP contribution in [0.25, 0.3) is 0 Å². The first-order valence-electron chi connectivity index (χ1n) is 7.70. The summed E-state index contributed by atoms with van der Waals surface area (Å²) in [7, 11) is 0. The molecule has 0 saturated carbocycles. The minimum Gasteiger partial charge on any atom is -0.321 e. The third kappa shape index (κ3) is 3.80. The van der Waals surface area contributed by atoms with Crippen molar-refractivity contribution in [3.05, 3.63) is 52.8 Å². The normalized spacial score (nSPS) is 14.6. The Labute approximate surface area is 151 Å². The van der Waals surface area contributed by atoms with E-state index >= 15 is 0 Å². The number of anilines is 2. The van der Waals surface area contributed by atoms with Crippen LogP contribution in [0.5, 0.6) is 0 Å². The third-order valence-corrected chi connectivity index (χ3v) is 4.20. The zero-order chi connectivity index (χ0) is 18.9. The van der Waals surface area contributed by atoms with Crippen molar-refractivity contribution in [1.82, 2.24) is 4.98 Å². The summed E-state index contributed by atoms with van der Waals surface area (Å²) in [6, 6.07) is 6.44. The van der Waals surface area contributed by atoms with Gasteiger partial charge in [0.05, 0.1) is 16.3 Å². The number of halogens is 4. The van der Waals surface area contributed by atoms with Crippen molar-refractivity contribution in [3.63, 3.8) is 0 Å². The smallest absolute Gasteiger partial charge is 0.321 e. The second kappa shape index (κ2) is 6.95. The molecule has 2 amide bonds. The van der Waals surface area contributed by atoms with Crippen molar-refractivity contribution in [1.29, 1.82) is 0 Å². The molecule has 0 atom stereocenters. The number of benzene rings is 1. The van der Waals surface area contributed by atoms with Gasteiger partial charge < -0.3 is 10.2 Å². The van der Waals surface area contributed by atoms with Gasteiger partial charge in [0.15, 0.2) is 0 Å². The van der Waals surface area contributed by atoms with E-state index in [0.717, 1.165) is 18.6 Å². The molecule has 1 aromatic carbocycles. The molecular formula is C17H13ClF3N3O2. The van der Waals surface area contributed by atoms with Gasteiger partial charge in [0, 0.05) is 24.8 Å². The lowest BCUT2D eigenvalue weighted by Crippen LogP contribution is -2.24. The molecule has 0 spiro atoms. The summed E-state index contributed by atoms with van der Waals surface area (Å²) in [6.45, 7) is 0.583. The fourth-order valence-corrected chi connectivity index (χ4v) is 2.88. The number of carbonyl (C=O) groups is 2. The number of rotatable bonds is 3. The summed E-state index contributed by atoms with van der Waals surface area (Å²) in [6.07, 6.45) is -2.69. The van der Waals surface area contributed by atoms with E-state index in [9.17, 15) is 22.8 Å². The van der Waals surface area contributed by atoms with E-state index in [1.165, 1.54) is 6.07 Å². The quantitative estimate of drug-likeness (QED) is 0.866. The average molecular weight is 384 g/mol. The molecule has 3 rings (SSSR count). The highest BCUT2D eigenvalue weighted by atomic mass is 35.5. The van der Waals surface area contributed by atoms with Crippen LogP contribution < -0.4 is 10.2 Å². The number of nitrogens with zero attached hydrogens (tertiary/aromatic N) is 2. The Kier molecular flexibility index (Phi) is 4.86. The SMILES string of the molecule is O=C(Nc1ccc(N2CCCC2=O)c(Cl)c1)c1ccc(C(F)(F)F)cn1. The van der Waals surface area contributed by atoms with Gasteiger partial charge >= 0.3 is 6.18 Å². The number of hydrogen-bond donors (Lipinski definition) is 1. The van der Waals surface area contributed by atoms with E-state index < -0.39 is 17.6 Å². The van der Waals surface area contributed by atoms with Gasteiger partial charge in [-0.25, -0.2) is 0 Å². The number of alkyl halides is 3. The standard InChI is InChI=1S/C17H13ClF3N3O2/c18-12-8-11(4-6-14(12)24-7-1-2-15(24)25)23-16(26)13-5-3-10(9-22-13)17(19,20)21/h3-6,8-9H,1-2,7H2,(H,23,26). The van der Waals surface area contributed by atoms with Gasteiger partial charge in [-0.3, -0.25) is 14.6 Å². The van der Waals surface area contributed by atoms with Crippen LogP contribution in [-0.4, -0.2) is 23.3 Å². The molecule has 1 fully saturated rings. The molecule has 26 heavy (non-hydrogen) atoms. The van der Waals surface area contributed by atoms with Crippen LogP contribution in [0.15, 0.2) is 36.5 Å². The summed E-state index contributed by atoms with van der Waals surface area (Å²) < 4.78 is 37.6. The zero-order valence-corrected chi connectivity index (χ0v) is 14.1. The van der Waals surface area contributed by atoms with E-state index in [1.54, 1.807) is 17.0 Å². The summed E-state index contributed by atoms with van der Waals surface area (Å²) in [5, 5.41) is 2.81. The topological polar surface area (TPSA) is 62.3 Å². The summed E-state index contributed by atoms with van der Waals surface area (Å²) in [5.74, 6) is -0.683. The largest absolute Gasteiger partial charge is 0.417 e. The highest BCUT2D eigenvalue weighted by Crippen LogP contribution is 2.32. The monoisotopic (exact) mass is 383 g/mol. The number of carbonyl (C=O) groups excluding carboxylic acids is 2. The van der Waals surface area contributed by atoms with Crippen LogP contribution in [0, 0.1) is 0 Å². The minimum absolute atomic E-state index is 0.0161. The molecule has 1 aliphatic rings. The molecule has 1 aliphatic heterocycles. The Morgan fingerprint density at radius 1 is 1.23 bits per heavy atom. The summed E-state index contributed by atoms with van der Waals surface area (Å²) in [4.78, 5) is 29.0. The lowest BCUT2D eigenvalue weighted by atomic mass is 10.2. The van der Waals surface area contributed by atoms with Gasteiger partial charge in [-0.2, -0.15) is 13.2 Å². The second-order valence-corrected chi connectivity index (χ2v) is 6.11. The first kappa shape index (κ1) is 18.2. The van der Waals surface area contributed by atoms with E-state index in [1.807, 2.05) is 0 Å². The second-order valence-electron chi connectivity index (χ2n) is 5.70. The number of nitrogens with one attached hydrogen (secondary N) is 1. The molecule has 136 valence electrons. The first-order valence-corrected chi connectivity index (χ1v) is 8.08. The van der Waals surface area contributed by atoms with Crippen LogP contribution in [0.2, 0.25) is 5.02 Å².